The van der Waals surface area contributed by atoms with Gasteiger partial charge in [-0.15, -0.1) is 0 Å². The molecule has 1 aliphatic rings. The van der Waals surface area contributed by atoms with Crippen LogP contribution in [0, 0.1) is 0 Å². The highest BCUT2D eigenvalue weighted by atomic mass is 16.2. The standard InChI is InChI=1S/C22H27N3O2/c1-16(2)18-9-5-6-10-19(18)24-21(26)20-15-17(11-12-23-20)22(27)25-13-7-3-4-8-14-25/h5-6,9-12,15-16H,3-4,7-8,13-14H2,1-2H3,(H,24,26). The lowest BCUT2D eigenvalue weighted by Crippen LogP contribution is -2.32. The fraction of sp³-hybridized carbons (Fsp3) is 0.409. The van der Waals surface area contributed by atoms with E-state index >= 15 is 0 Å². The Bertz CT molecular complexity index is 809. The van der Waals surface area contributed by atoms with Crippen molar-refractivity contribution in [2.45, 2.75) is 45.4 Å². The first kappa shape index (κ1) is 19.1. The number of nitrogens with zero attached hydrogens (tertiary/aromatic N) is 2. The molecule has 0 atom stereocenters. The number of hydrogen-bond acceptors (Lipinski definition) is 3. The lowest BCUT2D eigenvalue weighted by molar-refractivity contribution is 0.0761. The third-order valence-electron chi connectivity index (χ3n) is 4.96. The minimum atomic E-state index is -0.298. The Labute approximate surface area is 160 Å². The first-order valence-electron chi connectivity index (χ1n) is 9.72. The smallest absolute Gasteiger partial charge is 0.274 e. The number of para-hydroxylation sites is 1. The molecular formula is C22H27N3O2. The Kier molecular flexibility index (Phi) is 6.22. The molecule has 2 amide bonds. The summed E-state index contributed by atoms with van der Waals surface area (Å²) in [6, 6.07) is 11.0. The van der Waals surface area contributed by atoms with Crippen LogP contribution in [0.1, 0.15) is 71.9 Å². The Morgan fingerprint density at radius 1 is 1.04 bits per heavy atom. The van der Waals surface area contributed by atoms with Crippen LogP contribution < -0.4 is 5.32 Å². The van der Waals surface area contributed by atoms with Gasteiger partial charge in [0, 0.05) is 30.5 Å². The fourth-order valence-electron chi connectivity index (χ4n) is 3.44. The maximum atomic E-state index is 12.8. The summed E-state index contributed by atoms with van der Waals surface area (Å²) >= 11 is 0. The van der Waals surface area contributed by atoms with E-state index in [9.17, 15) is 9.59 Å². The van der Waals surface area contributed by atoms with Crippen LogP contribution in [0.2, 0.25) is 0 Å². The molecule has 0 radical (unpaired) electrons. The van der Waals surface area contributed by atoms with Crippen molar-refractivity contribution < 1.29 is 9.59 Å². The van der Waals surface area contributed by atoms with E-state index < -0.39 is 0 Å². The summed E-state index contributed by atoms with van der Waals surface area (Å²) < 4.78 is 0. The van der Waals surface area contributed by atoms with Gasteiger partial charge in [-0.2, -0.15) is 0 Å². The van der Waals surface area contributed by atoms with E-state index in [-0.39, 0.29) is 17.5 Å². The molecule has 27 heavy (non-hydrogen) atoms. The molecule has 142 valence electrons. The van der Waals surface area contributed by atoms with Crippen molar-refractivity contribution >= 4 is 17.5 Å². The molecule has 5 nitrogen and oxygen atoms in total. The van der Waals surface area contributed by atoms with Gasteiger partial charge in [0.15, 0.2) is 0 Å². The number of anilines is 1. The molecule has 1 saturated heterocycles. The van der Waals surface area contributed by atoms with Crippen molar-refractivity contribution in [1.82, 2.24) is 9.88 Å². The first-order valence-corrected chi connectivity index (χ1v) is 9.72. The van der Waals surface area contributed by atoms with E-state index in [1.165, 1.54) is 19.0 Å². The van der Waals surface area contributed by atoms with Gasteiger partial charge in [0.05, 0.1) is 0 Å². The Morgan fingerprint density at radius 2 is 1.74 bits per heavy atom. The summed E-state index contributed by atoms with van der Waals surface area (Å²) in [5.41, 5.74) is 2.63. The van der Waals surface area contributed by atoms with E-state index in [2.05, 4.69) is 24.1 Å². The second-order valence-electron chi connectivity index (χ2n) is 7.33. The Balaban J connectivity index is 1.77. The molecule has 0 saturated carbocycles. The maximum Gasteiger partial charge on any atom is 0.274 e. The number of amides is 2. The van der Waals surface area contributed by atoms with Crippen molar-refractivity contribution in [2.75, 3.05) is 18.4 Å². The third kappa shape index (κ3) is 4.73. The van der Waals surface area contributed by atoms with E-state index in [0.717, 1.165) is 37.2 Å². The zero-order valence-corrected chi connectivity index (χ0v) is 16.1. The van der Waals surface area contributed by atoms with Crippen LogP contribution in [0.25, 0.3) is 0 Å². The summed E-state index contributed by atoms with van der Waals surface area (Å²) in [7, 11) is 0. The van der Waals surface area contributed by atoms with Crippen molar-refractivity contribution in [3.8, 4) is 0 Å². The number of benzene rings is 1. The highest BCUT2D eigenvalue weighted by Gasteiger charge is 2.19. The molecule has 2 aromatic rings. The number of carbonyl (C=O) groups is 2. The monoisotopic (exact) mass is 365 g/mol. The fourth-order valence-corrected chi connectivity index (χ4v) is 3.44. The molecule has 1 aromatic carbocycles. The van der Waals surface area contributed by atoms with Crippen LogP contribution in [0.4, 0.5) is 5.69 Å². The van der Waals surface area contributed by atoms with E-state index in [1.807, 2.05) is 29.2 Å². The second kappa shape index (κ2) is 8.80. The minimum absolute atomic E-state index is 0.0177. The van der Waals surface area contributed by atoms with E-state index in [4.69, 9.17) is 0 Å². The van der Waals surface area contributed by atoms with Crippen LogP contribution in [0.3, 0.4) is 0 Å². The molecule has 0 aliphatic carbocycles. The number of rotatable bonds is 4. The number of pyridine rings is 1. The average molecular weight is 365 g/mol. The quantitative estimate of drug-likeness (QED) is 0.869. The zero-order chi connectivity index (χ0) is 19.2. The van der Waals surface area contributed by atoms with Crippen LogP contribution in [0.15, 0.2) is 42.6 Å². The van der Waals surface area contributed by atoms with Crippen LogP contribution in [-0.4, -0.2) is 34.8 Å². The number of aromatic nitrogens is 1. The van der Waals surface area contributed by atoms with Gasteiger partial charge in [-0.25, -0.2) is 0 Å². The molecular weight excluding hydrogens is 338 g/mol. The molecule has 0 spiro atoms. The molecule has 1 aliphatic heterocycles. The molecule has 5 heteroatoms. The van der Waals surface area contributed by atoms with Crippen molar-refractivity contribution in [1.29, 1.82) is 0 Å². The van der Waals surface area contributed by atoms with Crippen LogP contribution in [-0.2, 0) is 0 Å². The SMILES string of the molecule is CC(C)c1ccccc1NC(=O)c1cc(C(=O)N2CCCCCC2)ccn1. The number of nitrogens with one attached hydrogen (secondary N) is 1. The van der Waals surface area contributed by atoms with Gasteiger partial charge >= 0.3 is 0 Å². The summed E-state index contributed by atoms with van der Waals surface area (Å²) in [5.74, 6) is -0.0186. The number of hydrogen-bond donors (Lipinski definition) is 1. The molecule has 0 bridgehead atoms. The van der Waals surface area contributed by atoms with Crippen LogP contribution in [0.5, 0.6) is 0 Å². The van der Waals surface area contributed by atoms with E-state index in [0.29, 0.717) is 11.5 Å². The highest BCUT2D eigenvalue weighted by molar-refractivity contribution is 6.05. The van der Waals surface area contributed by atoms with Gasteiger partial charge in [-0.1, -0.05) is 44.9 Å². The first-order chi connectivity index (χ1) is 13.1. The molecule has 3 rings (SSSR count). The average Bonchev–Trinajstić information content (AvgIpc) is 2.97. The summed E-state index contributed by atoms with van der Waals surface area (Å²) in [5, 5.41) is 2.94. The van der Waals surface area contributed by atoms with Gasteiger partial charge in [-0.3, -0.25) is 14.6 Å². The number of carbonyl (C=O) groups excluding carboxylic acids is 2. The summed E-state index contributed by atoms with van der Waals surface area (Å²) in [6.45, 7) is 5.74. The van der Waals surface area contributed by atoms with Crippen LogP contribution >= 0.6 is 0 Å². The predicted octanol–water partition coefficient (Wildman–Crippen LogP) is 4.47. The second-order valence-corrected chi connectivity index (χ2v) is 7.33. The lowest BCUT2D eigenvalue weighted by atomic mass is 10.0. The predicted molar refractivity (Wildman–Crippen MR) is 107 cm³/mol. The highest BCUT2D eigenvalue weighted by Crippen LogP contribution is 2.24. The Hall–Kier alpha value is -2.69. The van der Waals surface area contributed by atoms with Gasteiger partial charge in [0.1, 0.15) is 5.69 Å². The largest absolute Gasteiger partial charge is 0.339 e. The summed E-state index contributed by atoms with van der Waals surface area (Å²) in [6.07, 6.45) is 5.95. The number of likely N-dealkylation sites (tertiary alicyclic amines) is 1. The molecule has 0 unspecified atom stereocenters. The Morgan fingerprint density at radius 3 is 2.44 bits per heavy atom. The van der Waals surface area contributed by atoms with Gasteiger partial charge < -0.3 is 10.2 Å². The maximum absolute atomic E-state index is 12.8. The minimum Gasteiger partial charge on any atom is -0.339 e. The summed E-state index contributed by atoms with van der Waals surface area (Å²) in [4.78, 5) is 31.6. The van der Waals surface area contributed by atoms with Crippen molar-refractivity contribution in [3.63, 3.8) is 0 Å². The van der Waals surface area contributed by atoms with Gasteiger partial charge in [0.25, 0.3) is 11.8 Å². The van der Waals surface area contributed by atoms with E-state index in [1.54, 1.807) is 12.1 Å². The molecule has 1 fully saturated rings. The van der Waals surface area contributed by atoms with Gasteiger partial charge in [-0.05, 0) is 42.5 Å². The zero-order valence-electron chi connectivity index (χ0n) is 16.1. The molecule has 2 heterocycles. The van der Waals surface area contributed by atoms with Gasteiger partial charge in [0.2, 0.25) is 0 Å². The lowest BCUT2D eigenvalue weighted by Gasteiger charge is -2.20. The molecule has 1 aromatic heterocycles. The third-order valence-corrected chi connectivity index (χ3v) is 4.96. The van der Waals surface area contributed by atoms with Crippen molar-refractivity contribution in [2.24, 2.45) is 0 Å². The normalized spacial score (nSPS) is 14.7. The topological polar surface area (TPSA) is 62.3 Å². The van der Waals surface area contributed by atoms with Crippen molar-refractivity contribution in [3.05, 3.63) is 59.4 Å². The molecule has 1 N–H and O–H groups in total.